The van der Waals surface area contributed by atoms with E-state index < -0.39 is 0 Å². The number of aryl methyl sites for hydroxylation is 1. The van der Waals surface area contributed by atoms with Crippen molar-refractivity contribution in [3.63, 3.8) is 0 Å². The summed E-state index contributed by atoms with van der Waals surface area (Å²) in [7, 11) is 0. The second kappa shape index (κ2) is 7.52. The zero-order chi connectivity index (χ0) is 19.6. The highest BCUT2D eigenvalue weighted by Gasteiger charge is 2.18. The van der Waals surface area contributed by atoms with Gasteiger partial charge in [-0.15, -0.1) is 0 Å². The minimum absolute atomic E-state index is 0.113. The summed E-state index contributed by atoms with van der Waals surface area (Å²) in [4.78, 5) is 34.3. The Hall–Kier alpha value is -2.67. The molecule has 0 aliphatic carbocycles. The third-order valence-corrected chi connectivity index (χ3v) is 4.66. The van der Waals surface area contributed by atoms with Crippen LogP contribution in [0.1, 0.15) is 26.3 Å². The molecule has 1 aromatic carbocycles. The van der Waals surface area contributed by atoms with Gasteiger partial charge in [0.1, 0.15) is 5.82 Å². The fraction of sp³-hybridized carbons (Fsp3) is 0.300. The van der Waals surface area contributed by atoms with E-state index in [4.69, 9.17) is 0 Å². The number of fused-ring (bicyclic) bond motifs is 1. The number of para-hydroxylation sites is 1. The van der Waals surface area contributed by atoms with E-state index in [0.717, 1.165) is 5.56 Å². The highest BCUT2D eigenvalue weighted by atomic mass is 32.2. The van der Waals surface area contributed by atoms with Crippen molar-refractivity contribution in [1.29, 1.82) is 0 Å². The van der Waals surface area contributed by atoms with Gasteiger partial charge in [0, 0.05) is 11.7 Å². The number of rotatable bonds is 4. The highest BCUT2D eigenvalue weighted by molar-refractivity contribution is 7.99. The molecule has 0 bridgehead atoms. The molecule has 6 nitrogen and oxygen atoms in total. The van der Waals surface area contributed by atoms with Crippen LogP contribution in [0.5, 0.6) is 0 Å². The molecule has 0 spiro atoms. The number of carbonyl (C=O) groups excluding carboxylic acids is 1. The number of thioether (sulfide) groups is 1. The summed E-state index contributed by atoms with van der Waals surface area (Å²) in [6, 6.07) is 10.9. The molecule has 0 aliphatic heterocycles. The zero-order valence-electron chi connectivity index (χ0n) is 15.8. The van der Waals surface area contributed by atoms with Gasteiger partial charge in [0.2, 0.25) is 5.91 Å². The molecule has 0 fully saturated rings. The molecule has 0 radical (unpaired) electrons. The monoisotopic (exact) mass is 382 g/mol. The molecule has 3 aromatic rings. The van der Waals surface area contributed by atoms with Crippen molar-refractivity contribution in [2.24, 2.45) is 0 Å². The van der Waals surface area contributed by atoms with Crippen LogP contribution >= 0.6 is 11.8 Å². The van der Waals surface area contributed by atoms with Crippen LogP contribution in [0.4, 0.5) is 0 Å². The number of hydrogen-bond donors (Lipinski definition) is 1. The van der Waals surface area contributed by atoms with Crippen LogP contribution in [0.15, 0.2) is 52.5 Å². The Balaban J connectivity index is 2.04. The first-order chi connectivity index (χ1) is 12.7. The number of hydrogen-bond acceptors (Lipinski definition) is 5. The molecule has 1 amide bonds. The van der Waals surface area contributed by atoms with Crippen LogP contribution < -0.4 is 10.9 Å². The predicted molar refractivity (Wildman–Crippen MR) is 108 cm³/mol. The van der Waals surface area contributed by atoms with Crippen LogP contribution in [-0.4, -0.2) is 31.7 Å². The average Bonchev–Trinajstić information content (AvgIpc) is 2.60. The van der Waals surface area contributed by atoms with Crippen molar-refractivity contribution in [1.82, 2.24) is 19.9 Å². The summed E-state index contributed by atoms with van der Waals surface area (Å²) in [6.07, 6.45) is 1.71. The molecular weight excluding hydrogens is 360 g/mol. The lowest BCUT2D eigenvalue weighted by molar-refractivity contribution is -0.119. The zero-order valence-corrected chi connectivity index (χ0v) is 16.6. The summed E-state index contributed by atoms with van der Waals surface area (Å²) in [5.74, 6) is 0.536. The van der Waals surface area contributed by atoms with Gasteiger partial charge in [-0.2, -0.15) is 0 Å². The molecule has 0 aliphatic rings. The van der Waals surface area contributed by atoms with E-state index in [9.17, 15) is 9.59 Å². The molecule has 2 aromatic heterocycles. The van der Waals surface area contributed by atoms with Gasteiger partial charge in [0.15, 0.2) is 5.16 Å². The predicted octanol–water partition coefficient (Wildman–Crippen LogP) is 3.10. The van der Waals surface area contributed by atoms with Gasteiger partial charge in [-0.25, -0.2) is 14.5 Å². The fourth-order valence-electron chi connectivity index (χ4n) is 2.59. The second-order valence-electron chi connectivity index (χ2n) is 7.33. The molecule has 3 rings (SSSR count). The maximum Gasteiger partial charge on any atom is 0.267 e. The third-order valence-electron chi connectivity index (χ3n) is 3.72. The second-order valence-corrected chi connectivity index (χ2v) is 8.28. The van der Waals surface area contributed by atoms with Crippen LogP contribution in [0.3, 0.4) is 0 Å². The lowest BCUT2D eigenvalue weighted by Gasteiger charge is -2.20. The van der Waals surface area contributed by atoms with Crippen LogP contribution in [0.25, 0.3) is 16.7 Å². The Kier molecular flexibility index (Phi) is 5.32. The summed E-state index contributed by atoms with van der Waals surface area (Å²) < 4.78 is 1.47. The Bertz CT molecular complexity index is 1040. The smallest absolute Gasteiger partial charge is 0.267 e. The van der Waals surface area contributed by atoms with E-state index in [1.165, 1.54) is 16.3 Å². The molecule has 0 unspecified atom stereocenters. The van der Waals surface area contributed by atoms with Crippen molar-refractivity contribution in [3.05, 3.63) is 58.5 Å². The lowest BCUT2D eigenvalue weighted by atomic mass is 10.1. The molecule has 27 heavy (non-hydrogen) atoms. The summed E-state index contributed by atoms with van der Waals surface area (Å²) in [5, 5.41) is 3.88. The van der Waals surface area contributed by atoms with Crippen LogP contribution in [0.2, 0.25) is 0 Å². The molecule has 2 heterocycles. The van der Waals surface area contributed by atoms with E-state index in [2.05, 4.69) is 15.3 Å². The standard InChI is InChI=1S/C20H22N4O2S/c1-13-9-10-16(21-11-13)24-18(26)14-7-5-6-8-15(14)22-19(24)27-12-17(25)23-20(2,3)4/h5-11H,12H2,1-4H3,(H,23,25). The summed E-state index contributed by atoms with van der Waals surface area (Å²) in [6.45, 7) is 7.71. The van der Waals surface area contributed by atoms with Crippen molar-refractivity contribution < 1.29 is 4.79 Å². The topological polar surface area (TPSA) is 76.9 Å². The number of benzene rings is 1. The largest absolute Gasteiger partial charge is 0.351 e. The first-order valence-corrected chi connectivity index (χ1v) is 9.62. The van der Waals surface area contributed by atoms with Crippen molar-refractivity contribution in [3.8, 4) is 5.82 Å². The Morgan fingerprint density at radius 3 is 2.59 bits per heavy atom. The third kappa shape index (κ3) is 4.54. The minimum Gasteiger partial charge on any atom is -0.351 e. The first kappa shape index (κ1) is 19.1. The Morgan fingerprint density at radius 1 is 1.19 bits per heavy atom. The molecule has 7 heteroatoms. The van der Waals surface area contributed by atoms with Gasteiger partial charge >= 0.3 is 0 Å². The molecular formula is C20H22N4O2S. The van der Waals surface area contributed by atoms with Gasteiger partial charge in [0.25, 0.3) is 5.56 Å². The molecule has 0 saturated heterocycles. The number of nitrogens with one attached hydrogen (secondary N) is 1. The Labute approximate surface area is 162 Å². The normalized spacial score (nSPS) is 11.6. The number of pyridine rings is 1. The minimum atomic E-state index is -0.313. The van der Waals surface area contributed by atoms with E-state index in [0.29, 0.717) is 21.9 Å². The Morgan fingerprint density at radius 2 is 1.93 bits per heavy atom. The maximum absolute atomic E-state index is 13.1. The summed E-state index contributed by atoms with van der Waals surface area (Å²) >= 11 is 1.22. The average molecular weight is 382 g/mol. The van der Waals surface area contributed by atoms with Crippen molar-refractivity contribution in [2.75, 3.05) is 5.75 Å². The van der Waals surface area contributed by atoms with Gasteiger partial charge in [-0.05, 0) is 51.5 Å². The highest BCUT2D eigenvalue weighted by Crippen LogP contribution is 2.20. The number of carbonyl (C=O) groups is 1. The van der Waals surface area contributed by atoms with Gasteiger partial charge < -0.3 is 5.32 Å². The van der Waals surface area contributed by atoms with Gasteiger partial charge in [-0.1, -0.05) is 30.0 Å². The van der Waals surface area contributed by atoms with Gasteiger partial charge in [0.05, 0.1) is 16.7 Å². The maximum atomic E-state index is 13.1. The van der Waals surface area contributed by atoms with Crippen LogP contribution in [-0.2, 0) is 4.79 Å². The molecule has 0 atom stereocenters. The fourth-order valence-corrected chi connectivity index (χ4v) is 3.39. The number of nitrogens with zero attached hydrogens (tertiary/aromatic N) is 3. The van der Waals surface area contributed by atoms with Crippen molar-refractivity contribution in [2.45, 2.75) is 38.4 Å². The van der Waals surface area contributed by atoms with E-state index in [-0.39, 0.29) is 22.8 Å². The van der Waals surface area contributed by atoms with Gasteiger partial charge in [-0.3, -0.25) is 9.59 Å². The molecule has 1 N–H and O–H groups in total. The van der Waals surface area contributed by atoms with Crippen LogP contribution in [0, 0.1) is 6.92 Å². The summed E-state index contributed by atoms with van der Waals surface area (Å²) in [5.41, 5.74) is 1.09. The lowest BCUT2D eigenvalue weighted by Crippen LogP contribution is -2.41. The molecule has 0 saturated carbocycles. The first-order valence-electron chi connectivity index (χ1n) is 8.63. The van der Waals surface area contributed by atoms with E-state index in [1.807, 2.05) is 45.9 Å². The number of amides is 1. The van der Waals surface area contributed by atoms with E-state index >= 15 is 0 Å². The number of aromatic nitrogens is 3. The van der Waals surface area contributed by atoms with E-state index in [1.54, 1.807) is 24.4 Å². The quantitative estimate of drug-likeness (QED) is 0.554. The van der Waals surface area contributed by atoms with Crippen molar-refractivity contribution >= 4 is 28.6 Å². The SMILES string of the molecule is Cc1ccc(-n2c(SCC(=O)NC(C)(C)C)nc3ccccc3c2=O)nc1. The molecule has 140 valence electrons.